The number of thiophene rings is 1. The van der Waals surface area contributed by atoms with E-state index in [0.717, 1.165) is 11.5 Å². The van der Waals surface area contributed by atoms with E-state index in [1.165, 1.54) is 11.3 Å². The molecular formula is C8H11N3OS. The van der Waals surface area contributed by atoms with Gasteiger partial charge in [-0.1, -0.05) is 0 Å². The molecule has 1 aromatic heterocycles. The Morgan fingerprint density at radius 3 is 3.08 bits per heavy atom. The van der Waals surface area contributed by atoms with Crippen molar-refractivity contribution in [1.29, 1.82) is 5.26 Å². The molecule has 70 valence electrons. The van der Waals surface area contributed by atoms with E-state index in [2.05, 4.69) is 5.32 Å². The summed E-state index contributed by atoms with van der Waals surface area (Å²) in [5.74, 6) is 0. The van der Waals surface area contributed by atoms with Gasteiger partial charge in [-0.05, 0) is 6.07 Å². The van der Waals surface area contributed by atoms with Crippen LogP contribution in [0.25, 0.3) is 0 Å². The summed E-state index contributed by atoms with van der Waals surface area (Å²) in [6, 6.07) is 3.79. The van der Waals surface area contributed by atoms with Gasteiger partial charge in [0.15, 0.2) is 0 Å². The normalized spacial score (nSPS) is 9.54. The second-order valence-corrected chi connectivity index (χ2v) is 3.48. The highest BCUT2D eigenvalue weighted by Crippen LogP contribution is 2.27. The first kappa shape index (κ1) is 9.84. The number of rotatable bonds is 4. The third-order valence-electron chi connectivity index (χ3n) is 1.47. The van der Waals surface area contributed by atoms with E-state index < -0.39 is 0 Å². The van der Waals surface area contributed by atoms with E-state index in [1.807, 2.05) is 6.07 Å². The number of hydrogen-bond donors (Lipinski definition) is 2. The second kappa shape index (κ2) is 4.70. The smallest absolute Gasteiger partial charge is 0.129 e. The van der Waals surface area contributed by atoms with E-state index in [0.29, 0.717) is 17.2 Å². The number of ether oxygens (including phenoxy) is 1. The van der Waals surface area contributed by atoms with Crippen molar-refractivity contribution in [3.63, 3.8) is 0 Å². The maximum Gasteiger partial charge on any atom is 0.129 e. The Morgan fingerprint density at radius 2 is 2.54 bits per heavy atom. The van der Waals surface area contributed by atoms with Crippen LogP contribution >= 0.6 is 11.3 Å². The van der Waals surface area contributed by atoms with Crippen molar-refractivity contribution >= 4 is 22.0 Å². The number of nitriles is 1. The predicted molar refractivity (Wildman–Crippen MR) is 53.8 cm³/mol. The van der Waals surface area contributed by atoms with Crippen LogP contribution in [0, 0.1) is 11.3 Å². The van der Waals surface area contributed by atoms with Crippen molar-refractivity contribution in [1.82, 2.24) is 0 Å². The van der Waals surface area contributed by atoms with Crippen LogP contribution in [0.5, 0.6) is 0 Å². The average Bonchev–Trinajstić information content (AvgIpc) is 2.47. The standard InChI is InChI=1S/C8H11N3OS/c1-12-3-2-11-8-4-6(10)7(5-9)13-8/h4,11H,2-3,10H2,1H3. The van der Waals surface area contributed by atoms with E-state index >= 15 is 0 Å². The van der Waals surface area contributed by atoms with Crippen LogP contribution in [0.2, 0.25) is 0 Å². The average molecular weight is 197 g/mol. The molecule has 0 atom stereocenters. The molecule has 0 fully saturated rings. The lowest BCUT2D eigenvalue weighted by Crippen LogP contribution is -2.05. The highest BCUT2D eigenvalue weighted by atomic mass is 32.1. The van der Waals surface area contributed by atoms with Gasteiger partial charge in [0.2, 0.25) is 0 Å². The number of nitrogen functional groups attached to an aromatic ring is 1. The molecule has 13 heavy (non-hydrogen) atoms. The molecule has 0 saturated heterocycles. The third kappa shape index (κ3) is 2.61. The van der Waals surface area contributed by atoms with E-state index in [9.17, 15) is 0 Å². The van der Waals surface area contributed by atoms with Gasteiger partial charge in [0, 0.05) is 13.7 Å². The van der Waals surface area contributed by atoms with Gasteiger partial charge in [0.1, 0.15) is 10.9 Å². The Morgan fingerprint density at radius 1 is 1.77 bits per heavy atom. The summed E-state index contributed by atoms with van der Waals surface area (Å²) >= 11 is 1.36. The summed E-state index contributed by atoms with van der Waals surface area (Å²) in [5, 5.41) is 12.6. The lowest BCUT2D eigenvalue weighted by Gasteiger charge is -2.00. The molecule has 0 saturated carbocycles. The number of nitrogens with one attached hydrogen (secondary N) is 1. The van der Waals surface area contributed by atoms with Gasteiger partial charge in [0.05, 0.1) is 17.3 Å². The Balaban J connectivity index is 2.54. The van der Waals surface area contributed by atoms with E-state index in [-0.39, 0.29) is 0 Å². The Kier molecular flexibility index (Phi) is 3.55. The first-order chi connectivity index (χ1) is 6.27. The summed E-state index contributed by atoms with van der Waals surface area (Å²) in [5.41, 5.74) is 6.11. The van der Waals surface area contributed by atoms with Gasteiger partial charge in [-0.2, -0.15) is 5.26 Å². The van der Waals surface area contributed by atoms with Crippen molar-refractivity contribution in [2.45, 2.75) is 0 Å². The minimum absolute atomic E-state index is 0.535. The quantitative estimate of drug-likeness (QED) is 0.713. The molecule has 1 aromatic rings. The first-order valence-corrected chi connectivity index (χ1v) is 4.61. The van der Waals surface area contributed by atoms with Crippen molar-refractivity contribution in [3.8, 4) is 6.07 Å². The molecule has 0 radical (unpaired) electrons. The molecule has 5 heteroatoms. The number of hydrogen-bond acceptors (Lipinski definition) is 5. The summed E-state index contributed by atoms with van der Waals surface area (Å²) in [6.45, 7) is 1.36. The first-order valence-electron chi connectivity index (χ1n) is 3.80. The van der Waals surface area contributed by atoms with Crippen molar-refractivity contribution in [2.24, 2.45) is 0 Å². The largest absolute Gasteiger partial charge is 0.397 e. The molecule has 0 aliphatic heterocycles. The van der Waals surface area contributed by atoms with E-state index in [4.69, 9.17) is 15.7 Å². The Labute approximate surface area is 80.9 Å². The number of nitrogens with two attached hydrogens (primary N) is 1. The number of nitrogens with zero attached hydrogens (tertiary/aromatic N) is 1. The molecule has 0 unspecified atom stereocenters. The Hall–Kier alpha value is -1.25. The minimum atomic E-state index is 0.535. The Bertz CT molecular complexity index is 316. The fourth-order valence-electron chi connectivity index (χ4n) is 0.856. The zero-order chi connectivity index (χ0) is 9.68. The molecule has 0 aliphatic carbocycles. The molecule has 4 nitrogen and oxygen atoms in total. The molecule has 1 rings (SSSR count). The molecular weight excluding hydrogens is 186 g/mol. The minimum Gasteiger partial charge on any atom is -0.397 e. The van der Waals surface area contributed by atoms with Crippen LogP contribution in [-0.4, -0.2) is 20.3 Å². The van der Waals surface area contributed by atoms with Crippen molar-refractivity contribution in [2.75, 3.05) is 31.3 Å². The summed E-state index contributed by atoms with van der Waals surface area (Å²) in [6.07, 6.45) is 0. The maximum atomic E-state index is 8.63. The fraction of sp³-hybridized carbons (Fsp3) is 0.375. The number of anilines is 2. The molecule has 0 aliphatic rings. The predicted octanol–water partition coefficient (Wildman–Crippen LogP) is 1.26. The zero-order valence-electron chi connectivity index (χ0n) is 7.33. The number of methoxy groups -OCH3 is 1. The zero-order valence-corrected chi connectivity index (χ0v) is 8.15. The van der Waals surface area contributed by atoms with Crippen LogP contribution in [0.3, 0.4) is 0 Å². The summed E-state index contributed by atoms with van der Waals surface area (Å²) < 4.78 is 4.87. The highest BCUT2D eigenvalue weighted by Gasteiger charge is 2.03. The van der Waals surface area contributed by atoms with E-state index in [1.54, 1.807) is 13.2 Å². The van der Waals surface area contributed by atoms with Crippen LogP contribution in [-0.2, 0) is 4.74 Å². The van der Waals surface area contributed by atoms with Crippen molar-refractivity contribution < 1.29 is 4.74 Å². The van der Waals surface area contributed by atoms with Gasteiger partial charge in [0.25, 0.3) is 0 Å². The highest BCUT2D eigenvalue weighted by molar-refractivity contribution is 7.17. The molecule has 0 bridgehead atoms. The lowest BCUT2D eigenvalue weighted by molar-refractivity contribution is 0.211. The maximum absolute atomic E-state index is 8.63. The lowest BCUT2D eigenvalue weighted by atomic mass is 10.4. The SMILES string of the molecule is COCCNc1cc(N)c(C#N)s1. The van der Waals surface area contributed by atoms with Crippen LogP contribution in [0.4, 0.5) is 10.7 Å². The molecule has 1 heterocycles. The molecule has 0 amide bonds. The van der Waals surface area contributed by atoms with Gasteiger partial charge >= 0.3 is 0 Å². The third-order valence-corrected chi connectivity index (χ3v) is 2.48. The monoisotopic (exact) mass is 197 g/mol. The van der Waals surface area contributed by atoms with Crippen LogP contribution in [0.1, 0.15) is 4.88 Å². The van der Waals surface area contributed by atoms with Gasteiger partial charge in [-0.15, -0.1) is 11.3 Å². The fourth-order valence-corrected chi connectivity index (χ4v) is 1.66. The van der Waals surface area contributed by atoms with Crippen LogP contribution in [0.15, 0.2) is 6.07 Å². The van der Waals surface area contributed by atoms with Gasteiger partial charge in [-0.3, -0.25) is 0 Å². The van der Waals surface area contributed by atoms with Crippen LogP contribution < -0.4 is 11.1 Å². The van der Waals surface area contributed by atoms with Gasteiger partial charge in [-0.25, -0.2) is 0 Å². The second-order valence-electron chi connectivity index (χ2n) is 2.43. The molecule has 3 N–H and O–H groups in total. The summed E-state index contributed by atoms with van der Waals surface area (Å²) in [4.78, 5) is 0.555. The molecule has 0 spiro atoms. The van der Waals surface area contributed by atoms with Gasteiger partial charge < -0.3 is 15.8 Å². The van der Waals surface area contributed by atoms with Crippen molar-refractivity contribution in [3.05, 3.63) is 10.9 Å². The summed E-state index contributed by atoms with van der Waals surface area (Å²) in [7, 11) is 1.64. The molecule has 0 aromatic carbocycles. The topological polar surface area (TPSA) is 71.1 Å².